The molecule has 2 atom stereocenters. The first-order chi connectivity index (χ1) is 18.4. The molecule has 1 saturated carbocycles. The zero-order valence-electron chi connectivity index (χ0n) is 22.8. The highest BCUT2D eigenvalue weighted by atomic mass is 127. The summed E-state index contributed by atoms with van der Waals surface area (Å²) in [7, 11) is 0. The van der Waals surface area contributed by atoms with Crippen molar-refractivity contribution >= 4 is 56.1 Å². The SMILES string of the molecule is CC(C)(C)OC(=O)N1CCN([C@H]2CC[C@@](I)(Oc3ncnc4sc5c(c34)[C@@H](C[C@@H](O)C(N)=O)CC5)CC2)CC1. The molecule has 2 aromatic heterocycles. The van der Waals surface area contributed by atoms with Crippen LogP contribution in [0.3, 0.4) is 0 Å². The second-order valence-corrected chi connectivity index (χ2v) is 15.0. The van der Waals surface area contributed by atoms with Crippen LogP contribution in [0, 0.1) is 0 Å². The number of carbonyl (C=O) groups excluding carboxylic acids is 2. The normalized spacial score (nSPS) is 26.8. The molecule has 2 aliphatic carbocycles. The van der Waals surface area contributed by atoms with Crippen LogP contribution in [0.2, 0.25) is 0 Å². The lowest BCUT2D eigenvalue weighted by molar-refractivity contribution is -0.126. The van der Waals surface area contributed by atoms with Gasteiger partial charge in [0.05, 0.1) is 5.39 Å². The minimum atomic E-state index is -1.16. The highest BCUT2D eigenvalue weighted by molar-refractivity contribution is 14.1. The first kappa shape index (κ1) is 28.7. The third-order valence-corrected chi connectivity index (χ3v) is 10.5. The first-order valence-corrected chi connectivity index (χ1v) is 15.7. The molecule has 214 valence electrons. The van der Waals surface area contributed by atoms with Crippen LogP contribution in [0.1, 0.15) is 75.7 Å². The van der Waals surface area contributed by atoms with Gasteiger partial charge in [-0.15, -0.1) is 11.3 Å². The number of carbonyl (C=O) groups is 2. The number of halogens is 1. The number of hydrogen-bond donors (Lipinski definition) is 2. The zero-order chi connectivity index (χ0) is 27.9. The van der Waals surface area contributed by atoms with Crippen molar-refractivity contribution in [1.29, 1.82) is 0 Å². The Bertz CT molecular complexity index is 1220. The van der Waals surface area contributed by atoms with Crippen molar-refractivity contribution in [2.75, 3.05) is 26.2 Å². The van der Waals surface area contributed by atoms with Crippen molar-refractivity contribution in [3.05, 3.63) is 16.8 Å². The van der Waals surface area contributed by atoms with E-state index in [0.29, 0.717) is 31.4 Å². The molecule has 2 fully saturated rings. The molecule has 12 heteroatoms. The van der Waals surface area contributed by atoms with Gasteiger partial charge in [0.15, 0.2) is 3.61 Å². The summed E-state index contributed by atoms with van der Waals surface area (Å²) in [5.41, 5.74) is 5.97. The van der Waals surface area contributed by atoms with Gasteiger partial charge < -0.3 is 25.2 Å². The number of primary amides is 1. The summed E-state index contributed by atoms with van der Waals surface area (Å²) in [6, 6.07) is 0.466. The van der Waals surface area contributed by atoms with Crippen molar-refractivity contribution in [3.8, 4) is 5.88 Å². The third kappa shape index (κ3) is 6.43. The van der Waals surface area contributed by atoms with Gasteiger partial charge in [0.2, 0.25) is 11.8 Å². The summed E-state index contributed by atoms with van der Waals surface area (Å²) in [5.74, 6) is -0.0634. The molecule has 0 unspecified atom stereocenters. The molecular formula is C27H38IN5O5S. The summed E-state index contributed by atoms with van der Waals surface area (Å²) in [5, 5.41) is 11.1. The smallest absolute Gasteiger partial charge is 0.410 e. The lowest BCUT2D eigenvalue weighted by atomic mass is 9.91. The molecule has 0 aromatic carbocycles. The molecule has 1 aliphatic heterocycles. The predicted octanol–water partition coefficient (Wildman–Crippen LogP) is 3.96. The van der Waals surface area contributed by atoms with Gasteiger partial charge in [0, 0.05) is 37.1 Å². The Labute approximate surface area is 246 Å². The maximum Gasteiger partial charge on any atom is 0.410 e. The number of fused-ring (bicyclic) bond motifs is 3. The maximum atomic E-state index is 12.4. The highest BCUT2D eigenvalue weighted by Gasteiger charge is 2.40. The Morgan fingerprint density at radius 3 is 2.54 bits per heavy atom. The molecule has 3 aliphatic rings. The average Bonchev–Trinajstić information content (AvgIpc) is 3.43. The summed E-state index contributed by atoms with van der Waals surface area (Å²) < 4.78 is 11.8. The van der Waals surface area contributed by atoms with Crippen LogP contribution in [-0.4, -0.2) is 84.4 Å². The van der Waals surface area contributed by atoms with Crippen LogP contribution >= 0.6 is 33.9 Å². The van der Waals surface area contributed by atoms with E-state index in [2.05, 4.69) is 37.5 Å². The van der Waals surface area contributed by atoms with Gasteiger partial charge in [-0.25, -0.2) is 14.8 Å². The van der Waals surface area contributed by atoms with E-state index in [-0.39, 0.29) is 15.6 Å². The van der Waals surface area contributed by atoms with Crippen LogP contribution in [0.25, 0.3) is 10.2 Å². The molecule has 0 radical (unpaired) electrons. The molecule has 39 heavy (non-hydrogen) atoms. The molecule has 1 saturated heterocycles. The van der Waals surface area contributed by atoms with Crippen LogP contribution in [0.4, 0.5) is 4.79 Å². The van der Waals surface area contributed by atoms with E-state index in [0.717, 1.165) is 67.4 Å². The minimum Gasteiger partial charge on any atom is -0.460 e. The van der Waals surface area contributed by atoms with Crippen molar-refractivity contribution in [3.63, 3.8) is 0 Å². The molecule has 2 amide bonds. The number of amides is 2. The first-order valence-electron chi connectivity index (χ1n) is 13.8. The molecule has 2 aromatic rings. The molecule has 0 bridgehead atoms. The standard InChI is InChI=1S/C27H38IN5O5S/c1-26(2,3)38-25(36)33-12-10-32(11-13-33)17-6-8-27(28,9-7-17)37-23-21-20-16(14-18(34)22(29)35)4-5-19(20)39-24(21)31-15-30-23/h15-18,34H,4-14H2,1-3H3,(H2,29,35)/t16-,17-,18-,27+/m1/s1. The van der Waals surface area contributed by atoms with Crippen molar-refractivity contribution < 1.29 is 24.2 Å². The highest BCUT2D eigenvalue weighted by Crippen LogP contribution is 2.49. The van der Waals surface area contributed by atoms with Crippen LogP contribution in [-0.2, 0) is 16.0 Å². The van der Waals surface area contributed by atoms with Gasteiger partial charge in [-0.1, -0.05) is 0 Å². The number of nitrogens with two attached hydrogens (primary N) is 1. The van der Waals surface area contributed by atoms with Crippen LogP contribution in [0.15, 0.2) is 6.33 Å². The quantitative estimate of drug-likeness (QED) is 0.349. The number of aliphatic hydroxyl groups excluding tert-OH is 1. The van der Waals surface area contributed by atoms with E-state index in [4.69, 9.17) is 15.2 Å². The van der Waals surface area contributed by atoms with E-state index < -0.39 is 17.6 Å². The molecule has 5 rings (SSSR count). The Morgan fingerprint density at radius 1 is 1.21 bits per heavy atom. The summed E-state index contributed by atoms with van der Waals surface area (Å²) in [4.78, 5) is 39.4. The van der Waals surface area contributed by atoms with Crippen molar-refractivity contribution in [2.45, 2.75) is 93.0 Å². The predicted molar refractivity (Wildman–Crippen MR) is 157 cm³/mol. The van der Waals surface area contributed by atoms with E-state index in [9.17, 15) is 14.7 Å². The number of ether oxygens (including phenoxy) is 2. The lowest BCUT2D eigenvalue weighted by Crippen LogP contribution is -2.54. The number of hydrogen-bond acceptors (Lipinski definition) is 9. The van der Waals surface area contributed by atoms with Gasteiger partial charge in [-0.2, -0.15) is 0 Å². The fraction of sp³-hybridized carbons (Fsp3) is 0.704. The number of alkyl halides is 1. The van der Waals surface area contributed by atoms with Gasteiger partial charge in [0.1, 0.15) is 22.9 Å². The Kier molecular flexibility index (Phi) is 8.29. The second-order valence-electron chi connectivity index (χ2n) is 11.9. The van der Waals surface area contributed by atoms with Gasteiger partial charge >= 0.3 is 6.09 Å². The van der Waals surface area contributed by atoms with Crippen molar-refractivity contribution in [2.24, 2.45) is 5.73 Å². The van der Waals surface area contributed by atoms with E-state index in [1.807, 2.05) is 25.7 Å². The van der Waals surface area contributed by atoms with Gasteiger partial charge in [0.25, 0.3) is 0 Å². The number of aryl methyl sites for hydroxylation is 1. The number of rotatable bonds is 6. The number of nitrogens with zero attached hydrogens (tertiary/aromatic N) is 4. The molecule has 0 spiro atoms. The van der Waals surface area contributed by atoms with E-state index in [1.54, 1.807) is 17.7 Å². The number of piperazine rings is 1. The van der Waals surface area contributed by atoms with Gasteiger partial charge in [-0.05, 0) is 99.8 Å². The fourth-order valence-corrected chi connectivity index (χ4v) is 8.07. The molecular weight excluding hydrogens is 633 g/mol. The number of thiophene rings is 1. The van der Waals surface area contributed by atoms with E-state index >= 15 is 0 Å². The topological polar surface area (TPSA) is 131 Å². The Morgan fingerprint density at radius 2 is 1.90 bits per heavy atom. The monoisotopic (exact) mass is 671 g/mol. The second kappa shape index (κ2) is 11.2. The summed E-state index contributed by atoms with van der Waals surface area (Å²) in [6.07, 6.45) is 6.05. The van der Waals surface area contributed by atoms with Crippen LogP contribution < -0.4 is 10.5 Å². The van der Waals surface area contributed by atoms with Crippen molar-refractivity contribution in [1.82, 2.24) is 19.8 Å². The molecule has 10 nitrogen and oxygen atoms in total. The number of aliphatic hydroxyl groups is 1. The van der Waals surface area contributed by atoms with Gasteiger partial charge in [-0.3, -0.25) is 9.69 Å². The average molecular weight is 672 g/mol. The summed E-state index contributed by atoms with van der Waals surface area (Å²) >= 11 is 4.09. The zero-order valence-corrected chi connectivity index (χ0v) is 25.8. The van der Waals surface area contributed by atoms with Crippen LogP contribution in [0.5, 0.6) is 5.88 Å². The van der Waals surface area contributed by atoms with E-state index in [1.165, 1.54) is 4.88 Å². The Hall–Kier alpha value is -1.77. The summed E-state index contributed by atoms with van der Waals surface area (Å²) in [6.45, 7) is 8.76. The third-order valence-electron chi connectivity index (χ3n) is 8.00. The molecule has 3 heterocycles. The lowest BCUT2D eigenvalue weighted by Gasteiger charge is -2.43. The Balaban J connectivity index is 1.22. The maximum absolute atomic E-state index is 12.4. The largest absolute Gasteiger partial charge is 0.460 e. The fourth-order valence-electron chi connectivity index (χ4n) is 6.01. The molecule has 3 N–H and O–H groups in total. The minimum absolute atomic E-state index is 0.0323. The number of aromatic nitrogens is 2.